The van der Waals surface area contributed by atoms with E-state index in [1.165, 1.54) is 96.0 Å². The van der Waals surface area contributed by atoms with E-state index in [1.54, 1.807) is 0 Å². The van der Waals surface area contributed by atoms with Crippen LogP contribution in [0.5, 0.6) is 0 Å². The molecule has 0 saturated carbocycles. The van der Waals surface area contributed by atoms with Gasteiger partial charge in [-0.15, -0.1) is 0 Å². The van der Waals surface area contributed by atoms with E-state index < -0.39 is 0 Å². The molecule has 0 amide bonds. The van der Waals surface area contributed by atoms with Gasteiger partial charge in [-0.25, -0.2) is 0 Å². The predicted molar refractivity (Wildman–Crippen MR) is 117 cm³/mol. The summed E-state index contributed by atoms with van der Waals surface area (Å²) in [5.41, 5.74) is 0. The van der Waals surface area contributed by atoms with Crippen LogP contribution in [0.2, 0.25) is 0 Å². The summed E-state index contributed by atoms with van der Waals surface area (Å²) < 4.78 is 0.850. The molecule has 0 aliphatic rings. The van der Waals surface area contributed by atoms with E-state index in [4.69, 9.17) is 0 Å². The maximum absolute atomic E-state index is 11.9. The summed E-state index contributed by atoms with van der Waals surface area (Å²) >= 11 is 0. The molecule has 0 bridgehead atoms. The van der Waals surface area contributed by atoms with Crippen molar-refractivity contribution in [3.8, 4) is 0 Å². The first-order chi connectivity index (χ1) is 12.5. The molecule has 0 aromatic rings. The highest BCUT2D eigenvalue weighted by Crippen LogP contribution is 2.16. The molecule has 0 aliphatic heterocycles. The van der Waals surface area contributed by atoms with Crippen LogP contribution in [0, 0.1) is 0 Å². The van der Waals surface area contributed by atoms with Gasteiger partial charge in [0.05, 0.1) is 20.1 Å². The maximum atomic E-state index is 11.9. The molecule has 0 fully saturated rings. The molecule has 26 heavy (non-hydrogen) atoms. The number of rotatable bonds is 19. The van der Waals surface area contributed by atoms with Crippen molar-refractivity contribution in [3.05, 3.63) is 12.7 Å². The van der Waals surface area contributed by atoms with Gasteiger partial charge in [-0.3, -0.25) is 4.79 Å². The standard InChI is InChI=1S/C24H48NO/c1-6-9-10-11-12-13-14-15-16-17-18-19-20-21-22-25(5,8-3)23(4)24(26)7-2/h7,23H,2,6,8-22H2,1,3-5H3/q+1. The third-order valence-corrected chi connectivity index (χ3v) is 6.29. The lowest BCUT2D eigenvalue weighted by molar-refractivity contribution is -0.921. The van der Waals surface area contributed by atoms with Crippen molar-refractivity contribution < 1.29 is 9.28 Å². The van der Waals surface area contributed by atoms with Crippen molar-refractivity contribution in [1.82, 2.24) is 0 Å². The minimum absolute atomic E-state index is 0.0412. The van der Waals surface area contributed by atoms with Gasteiger partial charge in [0, 0.05) is 0 Å². The summed E-state index contributed by atoms with van der Waals surface area (Å²) in [4.78, 5) is 11.9. The quantitative estimate of drug-likeness (QED) is 0.136. The van der Waals surface area contributed by atoms with Crippen LogP contribution in [0.4, 0.5) is 0 Å². The fourth-order valence-electron chi connectivity index (χ4n) is 3.77. The average molecular weight is 367 g/mol. The molecule has 154 valence electrons. The van der Waals surface area contributed by atoms with E-state index >= 15 is 0 Å². The summed E-state index contributed by atoms with van der Waals surface area (Å²) in [5, 5.41) is 0. The number of unbranched alkanes of at least 4 members (excludes halogenated alkanes) is 13. The zero-order chi connectivity index (χ0) is 19.7. The minimum atomic E-state index is 0.0412. The lowest BCUT2D eigenvalue weighted by atomic mass is 10.0. The van der Waals surface area contributed by atoms with Crippen molar-refractivity contribution in [3.63, 3.8) is 0 Å². The molecule has 2 heteroatoms. The zero-order valence-electron chi connectivity index (χ0n) is 18.5. The monoisotopic (exact) mass is 366 g/mol. The molecular formula is C24H48NO+. The highest BCUT2D eigenvalue weighted by molar-refractivity contribution is 5.92. The molecular weight excluding hydrogens is 318 g/mol. The molecule has 2 nitrogen and oxygen atoms in total. The van der Waals surface area contributed by atoms with Crippen LogP contribution in [-0.2, 0) is 4.79 Å². The normalized spacial score (nSPS) is 14.8. The summed E-state index contributed by atoms with van der Waals surface area (Å²) in [7, 11) is 2.22. The summed E-state index contributed by atoms with van der Waals surface area (Å²) in [6.45, 7) is 12.3. The lowest BCUT2D eigenvalue weighted by Gasteiger charge is -2.38. The van der Waals surface area contributed by atoms with Crippen molar-refractivity contribution in [2.75, 3.05) is 20.1 Å². The van der Waals surface area contributed by atoms with Gasteiger partial charge < -0.3 is 4.48 Å². The van der Waals surface area contributed by atoms with Gasteiger partial charge in [0.15, 0.2) is 0 Å². The Morgan fingerprint density at radius 1 is 0.808 bits per heavy atom. The molecule has 0 heterocycles. The minimum Gasteiger partial charge on any atom is -0.318 e. The first-order valence-corrected chi connectivity index (χ1v) is 11.5. The largest absolute Gasteiger partial charge is 0.318 e. The molecule has 0 aromatic heterocycles. The molecule has 2 unspecified atom stereocenters. The fourth-order valence-corrected chi connectivity index (χ4v) is 3.77. The SMILES string of the molecule is C=CC(=O)C(C)[N+](C)(CC)CCCCCCCCCCCCCCCC. The van der Waals surface area contributed by atoms with Gasteiger partial charge in [-0.1, -0.05) is 90.6 Å². The number of hydrogen-bond acceptors (Lipinski definition) is 1. The second-order valence-corrected chi connectivity index (χ2v) is 8.40. The Labute approximate surface area is 165 Å². The first-order valence-electron chi connectivity index (χ1n) is 11.5. The van der Waals surface area contributed by atoms with Gasteiger partial charge in [0.2, 0.25) is 5.78 Å². The summed E-state index contributed by atoms with van der Waals surface area (Å²) in [5.74, 6) is 0.180. The number of hydrogen-bond donors (Lipinski definition) is 0. The van der Waals surface area contributed by atoms with Gasteiger partial charge in [0.1, 0.15) is 6.04 Å². The first kappa shape index (κ1) is 25.4. The predicted octanol–water partition coefficient (Wildman–Crippen LogP) is 7.08. The average Bonchev–Trinajstić information content (AvgIpc) is 2.66. The molecule has 0 rings (SSSR count). The Morgan fingerprint density at radius 3 is 1.54 bits per heavy atom. The summed E-state index contributed by atoms with van der Waals surface area (Å²) in [6.07, 6.45) is 21.0. The van der Waals surface area contributed by atoms with Crippen LogP contribution in [0.15, 0.2) is 12.7 Å². The van der Waals surface area contributed by atoms with Crippen molar-refractivity contribution in [2.24, 2.45) is 0 Å². The van der Waals surface area contributed by atoms with E-state index in [2.05, 4.69) is 34.4 Å². The Balaban J connectivity index is 3.55. The second-order valence-electron chi connectivity index (χ2n) is 8.40. The fraction of sp³-hybridized carbons (Fsp3) is 0.875. The Kier molecular flexibility index (Phi) is 16.1. The van der Waals surface area contributed by atoms with E-state index in [9.17, 15) is 4.79 Å². The van der Waals surface area contributed by atoms with E-state index in [-0.39, 0.29) is 11.8 Å². The van der Waals surface area contributed by atoms with Crippen LogP contribution < -0.4 is 0 Å². The molecule has 0 spiro atoms. The maximum Gasteiger partial charge on any atom is 0.211 e. The third kappa shape index (κ3) is 11.9. The van der Waals surface area contributed by atoms with Crippen molar-refractivity contribution >= 4 is 5.78 Å². The third-order valence-electron chi connectivity index (χ3n) is 6.29. The van der Waals surface area contributed by atoms with Gasteiger partial charge in [-0.05, 0) is 32.8 Å². The Bertz CT molecular complexity index is 352. The van der Waals surface area contributed by atoms with Gasteiger partial charge in [-0.2, -0.15) is 0 Å². The zero-order valence-corrected chi connectivity index (χ0v) is 18.5. The number of nitrogens with zero attached hydrogens (tertiary/aromatic N) is 1. The lowest BCUT2D eigenvalue weighted by Crippen LogP contribution is -2.54. The number of quaternary nitrogens is 1. The summed E-state index contributed by atoms with van der Waals surface area (Å²) in [6, 6.07) is 0.0412. The van der Waals surface area contributed by atoms with Crippen LogP contribution in [0.1, 0.15) is 111 Å². The van der Waals surface area contributed by atoms with Crippen LogP contribution >= 0.6 is 0 Å². The Morgan fingerprint density at radius 2 is 1.19 bits per heavy atom. The second kappa shape index (κ2) is 16.5. The van der Waals surface area contributed by atoms with E-state index in [0.29, 0.717) is 0 Å². The number of carbonyl (C=O) groups excluding carboxylic acids is 1. The number of ketones is 1. The molecule has 2 atom stereocenters. The Hall–Kier alpha value is -0.630. The van der Waals surface area contributed by atoms with Gasteiger partial charge in [0.25, 0.3) is 0 Å². The topological polar surface area (TPSA) is 17.1 Å². The van der Waals surface area contributed by atoms with Crippen molar-refractivity contribution in [1.29, 1.82) is 0 Å². The van der Waals surface area contributed by atoms with Crippen LogP contribution in [0.3, 0.4) is 0 Å². The van der Waals surface area contributed by atoms with Crippen molar-refractivity contribution in [2.45, 2.75) is 117 Å². The molecule has 0 N–H and O–H groups in total. The molecule has 0 aromatic carbocycles. The van der Waals surface area contributed by atoms with Crippen LogP contribution in [-0.4, -0.2) is 36.4 Å². The van der Waals surface area contributed by atoms with E-state index in [1.807, 2.05) is 0 Å². The highest BCUT2D eigenvalue weighted by Gasteiger charge is 2.30. The molecule has 0 aliphatic carbocycles. The van der Waals surface area contributed by atoms with E-state index in [0.717, 1.165) is 17.6 Å². The van der Waals surface area contributed by atoms with Gasteiger partial charge >= 0.3 is 0 Å². The number of carbonyl (C=O) groups is 1. The van der Waals surface area contributed by atoms with Crippen LogP contribution in [0.25, 0.3) is 0 Å². The molecule has 0 radical (unpaired) electrons. The number of likely N-dealkylation sites (N-methyl/N-ethyl adjacent to an activating group) is 1. The smallest absolute Gasteiger partial charge is 0.211 e. The highest BCUT2D eigenvalue weighted by atomic mass is 16.1. The molecule has 0 saturated heterocycles.